The van der Waals surface area contributed by atoms with Gasteiger partial charge in [-0.15, -0.1) is 0 Å². The van der Waals surface area contributed by atoms with Crippen LogP contribution in [0.5, 0.6) is 0 Å². The molecule has 0 amide bonds. The topological polar surface area (TPSA) is 69.0 Å². The standard InChI is InChI=1S/C18H18N4O2/c1-13-16(11-20-22(13)12-14-6-4-3-5-7-14)21-17-10-19-9-8-15(17)18(23)24-2/h3-11,21H,12H2,1-2H3. The first kappa shape index (κ1) is 15.7. The van der Waals surface area contributed by atoms with E-state index in [2.05, 4.69) is 27.5 Å². The lowest BCUT2D eigenvalue weighted by Gasteiger charge is -2.10. The first-order valence-corrected chi connectivity index (χ1v) is 7.54. The van der Waals surface area contributed by atoms with Crippen molar-refractivity contribution in [3.8, 4) is 0 Å². The Kier molecular flexibility index (Phi) is 4.56. The van der Waals surface area contributed by atoms with E-state index in [-0.39, 0.29) is 0 Å². The molecule has 3 aromatic rings. The number of ether oxygens (including phenoxy) is 1. The van der Waals surface area contributed by atoms with Gasteiger partial charge in [0.25, 0.3) is 0 Å². The summed E-state index contributed by atoms with van der Waals surface area (Å²) in [5.41, 5.74) is 3.99. The number of hydrogen-bond acceptors (Lipinski definition) is 5. The molecule has 0 aliphatic heterocycles. The third-order valence-electron chi connectivity index (χ3n) is 3.77. The van der Waals surface area contributed by atoms with Crippen LogP contribution in [0.2, 0.25) is 0 Å². The van der Waals surface area contributed by atoms with Crippen molar-refractivity contribution in [3.63, 3.8) is 0 Å². The van der Waals surface area contributed by atoms with Gasteiger partial charge in [0.15, 0.2) is 0 Å². The van der Waals surface area contributed by atoms with Crippen molar-refractivity contribution in [3.05, 3.63) is 71.8 Å². The lowest BCUT2D eigenvalue weighted by molar-refractivity contribution is 0.0602. The van der Waals surface area contributed by atoms with Gasteiger partial charge >= 0.3 is 5.97 Å². The highest BCUT2D eigenvalue weighted by atomic mass is 16.5. The second kappa shape index (κ2) is 6.95. The van der Waals surface area contributed by atoms with E-state index < -0.39 is 5.97 Å². The summed E-state index contributed by atoms with van der Waals surface area (Å²) < 4.78 is 6.71. The first-order chi connectivity index (χ1) is 11.7. The third-order valence-corrected chi connectivity index (χ3v) is 3.77. The predicted octanol–water partition coefficient (Wildman–Crippen LogP) is 3.17. The normalized spacial score (nSPS) is 10.4. The van der Waals surface area contributed by atoms with Gasteiger partial charge in [0.1, 0.15) is 0 Å². The molecule has 2 aromatic heterocycles. The van der Waals surface area contributed by atoms with Crippen molar-refractivity contribution < 1.29 is 9.53 Å². The molecule has 3 rings (SSSR count). The molecule has 122 valence electrons. The number of carbonyl (C=O) groups excluding carboxylic acids is 1. The first-order valence-electron chi connectivity index (χ1n) is 7.54. The molecule has 0 radical (unpaired) electrons. The number of rotatable bonds is 5. The summed E-state index contributed by atoms with van der Waals surface area (Å²) in [5, 5.41) is 7.63. The van der Waals surface area contributed by atoms with Gasteiger partial charge in [-0.25, -0.2) is 4.79 Å². The van der Waals surface area contributed by atoms with E-state index in [1.54, 1.807) is 24.7 Å². The molecule has 0 spiro atoms. The number of nitrogens with zero attached hydrogens (tertiary/aromatic N) is 3. The van der Waals surface area contributed by atoms with E-state index in [1.807, 2.05) is 29.8 Å². The number of carbonyl (C=O) groups is 1. The molecule has 1 aromatic carbocycles. The van der Waals surface area contributed by atoms with Crippen LogP contribution in [0.15, 0.2) is 55.0 Å². The highest BCUT2D eigenvalue weighted by molar-refractivity contribution is 5.96. The van der Waals surface area contributed by atoms with E-state index in [0.717, 1.165) is 11.4 Å². The van der Waals surface area contributed by atoms with Crippen LogP contribution >= 0.6 is 0 Å². The van der Waals surface area contributed by atoms with Crippen LogP contribution < -0.4 is 5.32 Å². The van der Waals surface area contributed by atoms with Gasteiger partial charge in [0.2, 0.25) is 0 Å². The Bertz CT molecular complexity index is 843. The van der Waals surface area contributed by atoms with Crippen LogP contribution in [0, 0.1) is 6.92 Å². The Morgan fingerprint density at radius 3 is 2.71 bits per heavy atom. The molecule has 6 nitrogen and oxygen atoms in total. The fourth-order valence-electron chi connectivity index (χ4n) is 2.41. The molecule has 2 heterocycles. The number of anilines is 2. The summed E-state index contributed by atoms with van der Waals surface area (Å²) >= 11 is 0. The van der Waals surface area contributed by atoms with E-state index in [1.165, 1.54) is 12.7 Å². The Hall–Kier alpha value is -3.15. The lowest BCUT2D eigenvalue weighted by Crippen LogP contribution is -2.07. The van der Waals surface area contributed by atoms with Crippen molar-refractivity contribution in [2.45, 2.75) is 13.5 Å². The molecule has 0 unspecified atom stereocenters. The maximum Gasteiger partial charge on any atom is 0.340 e. The number of nitrogens with one attached hydrogen (secondary N) is 1. The summed E-state index contributed by atoms with van der Waals surface area (Å²) in [6.45, 7) is 2.66. The molecule has 24 heavy (non-hydrogen) atoms. The van der Waals surface area contributed by atoms with E-state index in [0.29, 0.717) is 17.8 Å². The van der Waals surface area contributed by atoms with Crippen molar-refractivity contribution in [2.75, 3.05) is 12.4 Å². The molecule has 0 bridgehead atoms. The summed E-state index contributed by atoms with van der Waals surface area (Å²) in [4.78, 5) is 15.9. The van der Waals surface area contributed by atoms with Gasteiger partial charge in [0.05, 0.1) is 48.7 Å². The Labute approximate surface area is 140 Å². The zero-order valence-electron chi connectivity index (χ0n) is 13.6. The Morgan fingerprint density at radius 2 is 1.96 bits per heavy atom. The molecule has 1 N–H and O–H groups in total. The van der Waals surface area contributed by atoms with Gasteiger partial charge in [-0.1, -0.05) is 30.3 Å². The Morgan fingerprint density at radius 1 is 1.17 bits per heavy atom. The quantitative estimate of drug-likeness (QED) is 0.731. The smallest absolute Gasteiger partial charge is 0.340 e. The molecule has 6 heteroatoms. The zero-order chi connectivity index (χ0) is 16.9. The number of benzene rings is 1. The fourth-order valence-corrected chi connectivity index (χ4v) is 2.41. The molecular formula is C18H18N4O2. The van der Waals surface area contributed by atoms with Crippen molar-refractivity contribution in [2.24, 2.45) is 0 Å². The molecule has 0 aliphatic rings. The largest absolute Gasteiger partial charge is 0.465 e. The highest BCUT2D eigenvalue weighted by Gasteiger charge is 2.14. The maximum absolute atomic E-state index is 11.8. The van der Waals surface area contributed by atoms with Gasteiger partial charge in [0, 0.05) is 6.20 Å². The van der Waals surface area contributed by atoms with Crippen LogP contribution in [-0.2, 0) is 11.3 Å². The minimum atomic E-state index is -0.408. The van der Waals surface area contributed by atoms with E-state index in [9.17, 15) is 4.79 Å². The number of pyridine rings is 1. The number of aromatic nitrogens is 3. The monoisotopic (exact) mass is 322 g/mol. The molecule has 0 aliphatic carbocycles. The average molecular weight is 322 g/mol. The second-order valence-electron chi connectivity index (χ2n) is 5.32. The van der Waals surface area contributed by atoms with Crippen LogP contribution in [0.4, 0.5) is 11.4 Å². The van der Waals surface area contributed by atoms with Crippen LogP contribution in [0.25, 0.3) is 0 Å². The lowest BCUT2D eigenvalue weighted by atomic mass is 10.2. The molecule has 0 saturated heterocycles. The molecule has 0 fully saturated rings. The number of hydrogen-bond donors (Lipinski definition) is 1. The highest BCUT2D eigenvalue weighted by Crippen LogP contribution is 2.23. The molecule has 0 saturated carbocycles. The predicted molar refractivity (Wildman–Crippen MR) is 91.4 cm³/mol. The van der Waals surface area contributed by atoms with Gasteiger partial charge < -0.3 is 10.1 Å². The van der Waals surface area contributed by atoms with Gasteiger partial charge in [-0.2, -0.15) is 5.10 Å². The minimum Gasteiger partial charge on any atom is -0.465 e. The molecular weight excluding hydrogens is 304 g/mol. The van der Waals surface area contributed by atoms with Crippen LogP contribution in [-0.4, -0.2) is 27.8 Å². The summed E-state index contributed by atoms with van der Waals surface area (Å²) in [7, 11) is 1.36. The van der Waals surface area contributed by atoms with Gasteiger partial charge in [-0.3, -0.25) is 9.67 Å². The third kappa shape index (κ3) is 3.27. The van der Waals surface area contributed by atoms with E-state index >= 15 is 0 Å². The van der Waals surface area contributed by atoms with Crippen molar-refractivity contribution in [1.29, 1.82) is 0 Å². The average Bonchev–Trinajstić information content (AvgIpc) is 2.96. The Balaban J connectivity index is 1.84. The van der Waals surface area contributed by atoms with Crippen LogP contribution in [0.3, 0.4) is 0 Å². The summed E-state index contributed by atoms with van der Waals surface area (Å²) in [5.74, 6) is -0.408. The van der Waals surface area contributed by atoms with Gasteiger partial charge in [-0.05, 0) is 18.6 Å². The zero-order valence-corrected chi connectivity index (χ0v) is 13.6. The maximum atomic E-state index is 11.8. The fraction of sp³-hybridized carbons (Fsp3) is 0.167. The van der Waals surface area contributed by atoms with E-state index in [4.69, 9.17) is 4.74 Å². The SMILES string of the molecule is COC(=O)c1ccncc1Nc1cnn(Cc2ccccc2)c1C. The van der Waals surface area contributed by atoms with Crippen LogP contribution in [0.1, 0.15) is 21.6 Å². The summed E-state index contributed by atoms with van der Waals surface area (Å²) in [6, 6.07) is 11.7. The second-order valence-corrected chi connectivity index (χ2v) is 5.32. The number of methoxy groups -OCH3 is 1. The van der Waals surface area contributed by atoms with Crippen molar-refractivity contribution in [1.82, 2.24) is 14.8 Å². The minimum absolute atomic E-state index is 0.408. The van der Waals surface area contributed by atoms with Crippen molar-refractivity contribution >= 4 is 17.3 Å². The molecule has 0 atom stereocenters. The summed E-state index contributed by atoms with van der Waals surface area (Å²) in [6.07, 6.45) is 4.90. The number of esters is 1.